The summed E-state index contributed by atoms with van der Waals surface area (Å²) in [6.45, 7) is 0. The van der Waals surface area contributed by atoms with Gasteiger partial charge in [0.1, 0.15) is 5.57 Å². The molecule has 28 heavy (non-hydrogen) atoms. The Bertz CT molecular complexity index is 1030. The maximum Gasteiger partial charge on any atom is 0.284 e. The van der Waals surface area contributed by atoms with Gasteiger partial charge in [0, 0.05) is 9.79 Å². The quantitative estimate of drug-likeness (QED) is 0.442. The highest BCUT2D eigenvalue weighted by Crippen LogP contribution is 2.53. The number of carbonyl (C=O) groups is 2. The molecule has 2 heterocycles. The van der Waals surface area contributed by atoms with Crippen LogP contribution in [0.4, 0.5) is 11.4 Å². The molecule has 0 saturated carbocycles. The number of nitrogens with zero attached hydrogens (tertiary/aromatic N) is 2. The van der Waals surface area contributed by atoms with E-state index in [1.807, 2.05) is 84.9 Å². The lowest BCUT2D eigenvalue weighted by Crippen LogP contribution is -2.41. The number of anilines is 2. The molecule has 2 aliphatic heterocycles. The Balaban J connectivity index is 1.65. The first-order valence-corrected chi connectivity index (χ1v) is 10.4. The predicted octanol–water partition coefficient (Wildman–Crippen LogP) is 5.09. The number of para-hydroxylation sites is 2. The van der Waals surface area contributed by atoms with Gasteiger partial charge in [0.05, 0.1) is 15.6 Å². The van der Waals surface area contributed by atoms with Crippen LogP contribution in [0.5, 0.6) is 0 Å². The van der Waals surface area contributed by atoms with Crippen LogP contribution in [0.25, 0.3) is 0 Å². The van der Waals surface area contributed by atoms with Crippen molar-refractivity contribution in [2.75, 3.05) is 10.0 Å². The van der Waals surface area contributed by atoms with Gasteiger partial charge in [-0.15, -0.1) is 0 Å². The van der Waals surface area contributed by atoms with E-state index in [4.69, 9.17) is 0 Å². The van der Waals surface area contributed by atoms with E-state index in [0.717, 1.165) is 14.0 Å². The highest BCUT2D eigenvalue weighted by atomic mass is 32.2. The van der Waals surface area contributed by atoms with Gasteiger partial charge in [-0.25, -0.2) is 10.0 Å². The molecule has 6 heteroatoms. The summed E-state index contributed by atoms with van der Waals surface area (Å²) in [7, 11) is 0. The van der Waals surface area contributed by atoms with E-state index in [1.165, 1.54) is 33.5 Å². The van der Waals surface area contributed by atoms with Gasteiger partial charge in [0.25, 0.3) is 11.8 Å². The third kappa shape index (κ3) is 2.73. The Kier molecular flexibility index (Phi) is 4.22. The molecule has 3 aromatic rings. The maximum absolute atomic E-state index is 13.4. The minimum Gasteiger partial charge on any atom is -0.266 e. The number of hydrazine groups is 1. The van der Waals surface area contributed by atoms with Crippen LogP contribution in [-0.2, 0) is 9.59 Å². The summed E-state index contributed by atoms with van der Waals surface area (Å²) in [6, 6.07) is 26.5. The molecule has 1 saturated heterocycles. The number of rotatable bonds is 2. The number of benzene rings is 3. The molecule has 5 rings (SSSR count). The molecule has 0 spiro atoms. The van der Waals surface area contributed by atoms with Crippen molar-refractivity contribution in [3.05, 3.63) is 94.7 Å². The van der Waals surface area contributed by atoms with E-state index in [0.29, 0.717) is 11.4 Å². The second kappa shape index (κ2) is 6.89. The Morgan fingerprint density at radius 1 is 0.536 bits per heavy atom. The SMILES string of the molecule is O=C1C(=C2Sc3ccccc3S2)C(=O)N(c2ccccc2)N1c1ccccc1. The average Bonchev–Trinajstić information content (AvgIpc) is 3.27. The molecular weight excluding hydrogens is 388 g/mol. The van der Waals surface area contributed by atoms with Crippen LogP contribution in [0, 0.1) is 0 Å². The molecule has 0 aliphatic carbocycles. The second-order valence-electron chi connectivity index (χ2n) is 6.22. The summed E-state index contributed by atoms with van der Waals surface area (Å²) in [5.41, 5.74) is 1.54. The van der Waals surface area contributed by atoms with Crippen LogP contribution in [0.2, 0.25) is 0 Å². The number of thioether (sulfide) groups is 2. The molecule has 0 bridgehead atoms. The Morgan fingerprint density at radius 3 is 1.36 bits per heavy atom. The van der Waals surface area contributed by atoms with E-state index >= 15 is 0 Å². The van der Waals surface area contributed by atoms with Gasteiger partial charge in [-0.3, -0.25) is 9.59 Å². The fourth-order valence-corrected chi connectivity index (χ4v) is 5.74. The minimum absolute atomic E-state index is 0.221. The first kappa shape index (κ1) is 17.2. The highest BCUT2D eigenvalue weighted by Gasteiger charge is 2.45. The Hall–Kier alpha value is -2.96. The number of hydrogen-bond donors (Lipinski definition) is 0. The highest BCUT2D eigenvalue weighted by molar-refractivity contribution is 8.24. The normalized spacial score (nSPS) is 16.1. The van der Waals surface area contributed by atoms with Crippen molar-refractivity contribution >= 4 is 46.7 Å². The average molecular weight is 403 g/mol. The van der Waals surface area contributed by atoms with E-state index in [9.17, 15) is 9.59 Å². The van der Waals surface area contributed by atoms with Crippen molar-refractivity contribution in [1.82, 2.24) is 0 Å². The lowest BCUT2D eigenvalue weighted by atomic mass is 10.2. The monoisotopic (exact) mass is 402 g/mol. The lowest BCUT2D eigenvalue weighted by molar-refractivity contribution is -0.116. The molecule has 2 amide bonds. The molecular formula is C22H14N2O2S2. The Labute approximate surface area is 170 Å². The van der Waals surface area contributed by atoms with E-state index in [1.54, 1.807) is 0 Å². The minimum atomic E-state index is -0.303. The molecule has 3 aromatic carbocycles. The summed E-state index contributed by atoms with van der Waals surface area (Å²) < 4.78 is 0.732. The number of hydrogen-bond acceptors (Lipinski definition) is 4. The number of amides is 2. The van der Waals surface area contributed by atoms with Gasteiger partial charge >= 0.3 is 0 Å². The van der Waals surface area contributed by atoms with Gasteiger partial charge in [-0.1, -0.05) is 72.1 Å². The molecule has 2 aliphatic rings. The van der Waals surface area contributed by atoms with Gasteiger partial charge in [-0.2, -0.15) is 0 Å². The van der Waals surface area contributed by atoms with Crippen molar-refractivity contribution in [2.24, 2.45) is 0 Å². The standard InChI is InChI=1S/C22H14N2O2S2/c25-20-19(22-27-17-13-7-8-14-18(17)28-22)21(26)24(16-11-5-2-6-12-16)23(20)15-9-3-1-4-10-15/h1-14H. The summed E-state index contributed by atoms with van der Waals surface area (Å²) in [6.07, 6.45) is 0. The smallest absolute Gasteiger partial charge is 0.266 e. The molecule has 0 unspecified atom stereocenters. The molecule has 1 fully saturated rings. The fraction of sp³-hybridized carbons (Fsp3) is 0. The summed E-state index contributed by atoms with van der Waals surface area (Å²) in [4.78, 5) is 29.0. The van der Waals surface area contributed by atoms with Crippen molar-refractivity contribution in [1.29, 1.82) is 0 Å². The van der Waals surface area contributed by atoms with Crippen LogP contribution >= 0.6 is 23.5 Å². The fourth-order valence-electron chi connectivity index (χ4n) is 3.20. The Morgan fingerprint density at radius 2 is 0.929 bits per heavy atom. The van der Waals surface area contributed by atoms with Crippen molar-refractivity contribution in [3.63, 3.8) is 0 Å². The first-order valence-electron chi connectivity index (χ1n) is 8.72. The van der Waals surface area contributed by atoms with Crippen molar-refractivity contribution in [3.8, 4) is 0 Å². The number of fused-ring (bicyclic) bond motifs is 1. The third-order valence-electron chi connectivity index (χ3n) is 4.47. The van der Waals surface area contributed by atoms with Gasteiger partial charge < -0.3 is 0 Å². The van der Waals surface area contributed by atoms with Crippen LogP contribution in [0.15, 0.2) is 105 Å². The summed E-state index contributed by atoms with van der Waals surface area (Å²) in [5, 5.41) is 2.92. The lowest BCUT2D eigenvalue weighted by Gasteiger charge is -2.27. The molecule has 136 valence electrons. The van der Waals surface area contributed by atoms with E-state index < -0.39 is 0 Å². The number of carbonyl (C=O) groups excluding carboxylic acids is 2. The van der Waals surface area contributed by atoms with Crippen LogP contribution in [0.3, 0.4) is 0 Å². The zero-order chi connectivity index (χ0) is 19.1. The molecule has 0 aromatic heterocycles. The van der Waals surface area contributed by atoms with Gasteiger partial charge in [-0.05, 0) is 36.4 Å². The van der Waals surface area contributed by atoms with Crippen molar-refractivity contribution < 1.29 is 9.59 Å². The molecule has 0 atom stereocenters. The van der Waals surface area contributed by atoms with E-state index in [-0.39, 0.29) is 17.4 Å². The van der Waals surface area contributed by atoms with Crippen LogP contribution in [-0.4, -0.2) is 11.8 Å². The van der Waals surface area contributed by atoms with Gasteiger partial charge in [0.2, 0.25) is 0 Å². The summed E-state index contributed by atoms with van der Waals surface area (Å²) in [5.74, 6) is -0.606. The zero-order valence-electron chi connectivity index (χ0n) is 14.6. The third-order valence-corrected chi connectivity index (χ3v) is 7.03. The molecule has 0 N–H and O–H groups in total. The first-order chi connectivity index (χ1) is 13.7. The topological polar surface area (TPSA) is 40.6 Å². The largest absolute Gasteiger partial charge is 0.284 e. The molecule has 0 radical (unpaired) electrons. The van der Waals surface area contributed by atoms with E-state index in [2.05, 4.69) is 0 Å². The van der Waals surface area contributed by atoms with Crippen molar-refractivity contribution in [2.45, 2.75) is 9.79 Å². The zero-order valence-corrected chi connectivity index (χ0v) is 16.2. The maximum atomic E-state index is 13.4. The molecule has 4 nitrogen and oxygen atoms in total. The van der Waals surface area contributed by atoms with Crippen LogP contribution in [0.1, 0.15) is 0 Å². The van der Waals surface area contributed by atoms with Crippen LogP contribution < -0.4 is 10.0 Å². The summed E-state index contributed by atoms with van der Waals surface area (Å²) >= 11 is 2.97. The predicted molar refractivity (Wildman–Crippen MR) is 113 cm³/mol. The van der Waals surface area contributed by atoms with Gasteiger partial charge in [0.15, 0.2) is 0 Å². The second-order valence-corrected chi connectivity index (χ2v) is 8.58.